The van der Waals surface area contributed by atoms with Gasteiger partial charge in [-0.3, -0.25) is 0 Å². The minimum Gasteiger partial charge on any atom is -0.497 e. The standard InChI is InChI=1S/C21H23N7O2/c1-29-18-9-5-6-16(14-18)15-22-27-20-24-19(23-17-7-3-2-4-8-17)25-21(26-20)28-10-12-30-13-11-28/h2-9,14-15H,10-13H2,1H3,(H2,23,24,25,26,27). The number of hydrogen-bond acceptors (Lipinski definition) is 9. The van der Waals surface area contributed by atoms with Crippen molar-refractivity contribution in [2.24, 2.45) is 5.10 Å². The number of aromatic nitrogens is 3. The van der Waals surface area contributed by atoms with Crippen molar-refractivity contribution in [3.63, 3.8) is 0 Å². The molecule has 9 heteroatoms. The van der Waals surface area contributed by atoms with E-state index >= 15 is 0 Å². The summed E-state index contributed by atoms with van der Waals surface area (Å²) in [5.74, 6) is 2.13. The van der Waals surface area contributed by atoms with Gasteiger partial charge in [0, 0.05) is 18.8 Å². The van der Waals surface area contributed by atoms with Crippen LogP contribution in [0.3, 0.4) is 0 Å². The average molecular weight is 405 g/mol. The lowest BCUT2D eigenvalue weighted by Crippen LogP contribution is -2.37. The fourth-order valence-corrected chi connectivity index (χ4v) is 2.91. The predicted octanol–water partition coefficient (Wildman–Crippen LogP) is 2.91. The summed E-state index contributed by atoms with van der Waals surface area (Å²) in [5, 5.41) is 7.49. The molecular formula is C21H23N7O2. The second-order valence-electron chi connectivity index (χ2n) is 6.52. The number of hydrazone groups is 1. The van der Waals surface area contributed by atoms with E-state index in [2.05, 4.69) is 35.7 Å². The third-order valence-corrected chi connectivity index (χ3v) is 4.42. The van der Waals surface area contributed by atoms with Crippen molar-refractivity contribution in [3.05, 3.63) is 60.2 Å². The first kappa shape index (κ1) is 19.6. The van der Waals surface area contributed by atoms with Crippen molar-refractivity contribution < 1.29 is 9.47 Å². The van der Waals surface area contributed by atoms with Gasteiger partial charge in [0.2, 0.25) is 17.8 Å². The number of morpholine rings is 1. The van der Waals surface area contributed by atoms with Crippen molar-refractivity contribution in [3.8, 4) is 5.75 Å². The zero-order valence-electron chi connectivity index (χ0n) is 16.7. The number of rotatable bonds is 7. The maximum Gasteiger partial charge on any atom is 0.250 e. The van der Waals surface area contributed by atoms with E-state index in [0.29, 0.717) is 31.1 Å². The van der Waals surface area contributed by atoms with Gasteiger partial charge in [0.25, 0.3) is 0 Å². The summed E-state index contributed by atoms with van der Waals surface area (Å²) in [4.78, 5) is 15.6. The zero-order valence-corrected chi connectivity index (χ0v) is 16.7. The summed E-state index contributed by atoms with van der Waals surface area (Å²) < 4.78 is 10.7. The fourth-order valence-electron chi connectivity index (χ4n) is 2.91. The topological polar surface area (TPSA) is 96.8 Å². The Hall–Kier alpha value is -3.72. The number of nitrogens with zero attached hydrogens (tertiary/aromatic N) is 5. The van der Waals surface area contributed by atoms with E-state index in [1.807, 2.05) is 54.6 Å². The lowest BCUT2D eigenvalue weighted by atomic mass is 10.2. The smallest absolute Gasteiger partial charge is 0.250 e. The van der Waals surface area contributed by atoms with Crippen LogP contribution in [0, 0.1) is 0 Å². The Bertz CT molecular complexity index is 992. The van der Waals surface area contributed by atoms with Crippen molar-refractivity contribution in [2.45, 2.75) is 0 Å². The highest BCUT2D eigenvalue weighted by Crippen LogP contribution is 2.18. The van der Waals surface area contributed by atoms with Gasteiger partial charge in [-0.1, -0.05) is 30.3 Å². The molecule has 30 heavy (non-hydrogen) atoms. The molecule has 1 aromatic heterocycles. The van der Waals surface area contributed by atoms with Gasteiger partial charge < -0.3 is 19.7 Å². The second kappa shape index (κ2) is 9.66. The van der Waals surface area contributed by atoms with Crippen LogP contribution in [-0.2, 0) is 4.74 Å². The molecule has 0 spiro atoms. The minimum absolute atomic E-state index is 0.351. The van der Waals surface area contributed by atoms with Gasteiger partial charge in [0.15, 0.2) is 0 Å². The van der Waals surface area contributed by atoms with Crippen molar-refractivity contribution in [1.29, 1.82) is 0 Å². The van der Waals surface area contributed by atoms with E-state index in [1.54, 1.807) is 13.3 Å². The number of nitrogens with one attached hydrogen (secondary N) is 2. The molecule has 0 unspecified atom stereocenters. The number of benzene rings is 2. The van der Waals surface area contributed by atoms with Crippen LogP contribution in [0.2, 0.25) is 0 Å². The molecule has 0 amide bonds. The van der Waals surface area contributed by atoms with Crippen molar-refractivity contribution in [2.75, 3.05) is 49.1 Å². The maximum absolute atomic E-state index is 5.43. The molecule has 0 bridgehead atoms. The van der Waals surface area contributed by atoms with E-state index in [-0.39, 0.29) is 0 Å². The fraction of sp³-hybridized carbons (Fsp3) is 0.238. The van der Waals surface area contributed by atoms with E-state index < -0.39 is 0 Å². The van der Waals surface area contributed by atoms with Gasteiger partial charge in [0.05, 0.1) is 26.5 Å². The number of hydrogen-bond donors (Lipinski definition) is 2. The van der Waals surface area contributed by atoms with E-state index in [9.17, 15) is 0 Å². The van der Waals surface area contributed by atoms with Gasteiger partial charge in [-0.2, -0.15) is 20.1 Å². The molecule has 3 aromatic rings. The van der Waals surface area contributed by atoms with Crippen LogP contribution in [0.25, 0.3) is 0 Å². The highest BCUT2D eigenvalue weighted by Gasteiger charge is 2.16. The number of ether oxygens (including phenoxy) is 2. The van der Waals surface area contributed by atoms with Crippen LogP contribution in [0.1, 0.15) is 5.56 Å². The average Bonchev–Trinajstić information content (AvgIpc) is 2.80. The first-order valence-electron chi connectivity index (χ1n) is 9.64. The van der Waals surface area contributed by atoms with Gasteiger partial charge in [0.1, 0.15) is 5.75 Å². The molecule has 4 rings (SSSR count). The largest absolute Gasteiger partial charge is 0.497 e. The summed E-state index contributed by atoms with van der Waals surface area (Å²) in [6.45, 7) is 2.73. The van der Waals surface area contributed by atoms with Crippen LogP contribution < -0.4 is 20.4 Å². The van der Waals surface area contributed by atoms with Crippen LogP contribution in [0.4, 0.5) is 23.5 Å². The first-order valence-corrected chi connectivity index (χ1v) is 9.64. The van der Waals surface area contributed by atoms with Gasteiger partial charge in [-0.25, -0.2) is 5.43 Å². The molecule has 2 heterocycles. The summed E-state index contributed by atoms with van der Waals surface area (Å²) in [5.41, 5.74) is 4.69. The van der Waals surface area contributed by atoms with Gasteiger partial charge >= 0.3 is 0 Å². The molecule has 1 aliphatic rings. The summed E-state index contributed by atoms with van der Waals surface area (Å²) in [6, 6.07) is 17.4. The van der Waals surface area contributed by atoms with E-state index in [1.165, 1.54) is 0 Å². The molecule has 1 aliphatic heterocycles. The monoisotopic (exact) mass is 405 g/mol. The molecule has 0 saturated carbocycles. The van der Waals surface area contributed by atoms with Crippen molar-refractivity contribution >= 4 is 29.7 Å². The molecule has 1 fully saturated rings. The van der Waals surface area contributed by atoms with E-state index in [0.717, 1.165) is 30.1 Å². The van der Waals surface area contributed by atoms with Crippen LogP contribution >= 0.6 is 0 Å². The second-order valence-corrected chi connectivity index (χ2v) is 6.52. The molecule has 9 nitrogen and oxygen atoms in total. The molecular weight excluding hydrogens is 382 g/mol. The quantitative estimate of drug-likeness (QED) is 0.458. The normalized spacial score (nSPS) is 14.0. The molecule has 1 saturated heterocycles. The Morgan fingerprint density at radius 1 is 1.00 bits per heavy atom. The van der Waals surface area contributed by atoms with Crippen LogP contribution in [0.15, 0.2) is 59.7 Å². The lowest BCUT2D eigenvalue weighted by Gasteiger charge is -2.27. The zero-order chi connectivity index (χ0) is 20.6. The maximum atomic E-state index is 5.43. The van der Waals surface area contributed by atoms with Crippen molar-refractivity contribution in [1.82, 2.24) is 15.0 Å². The van der Waals surface area contributed by atoms with Crippen LogP contribution in [-0.4, -0.2) is 54.6 Å². The number of para-hydroxylation sites is 1. The Morgan fingerprint density at radius 2 is 1.80 bits per heavy atom. The summed E-state index contributed by atoms with van der Waals surface area (Å²) in [7, 11) is 1.63. The molecule has 154 valence electrons. The third kappa shape index (κ3) is 5.21. The summed E-state index contributed by atoms with van der Waals surface area (Å²) >= 11 is 0. The van der Waals surface area contributed by atoms with E-state index in [4.69, 9.17) is 9.47 Å². The molecule has 2 N–H and O–H groups in total. The SMILES string of the molecule is COc1cccc(C=NNc2nc(Nc3ccccc3)nc(N3CCOCC3)n2)c1. The minimum atomic E-state index is 0.351. The molecule has 0 atom stereocenters. The van der Waals surface area contributed by atoms with Gasteiger partial charge in [-0.05, 0) is 29.8 Å². The predicted molar refractivity (Wildman–Crippen MR) is 117 cm³/mol. The molecule has 0 radical (unpaired) electrons. The Labute approximate surface area is 174 Å². The Kier molecular flexibility index (Phi) is 6.31. The summed E-state index contributed by atoms with van der Waals surface area (Å²) in [6.07, 6.45) is 1.69. The number of methoxy groups -OCH3 is 1. The molecule has 2 aromatic carbocycles. The lowest BCUT2D eigenvalue weighted by molar-refractivity contribution is 0.122. The Morgan fingerprint density at radius 3 is 2.60 bits per heavy atom. The highest BCUT2D eigenvalue weighted by molar-refractivity contribution is 5.80. The van der Waals surface area contributed by atoms with Gasteiger partial charge in [-0.15, -0.1) is 0 Å². The first-order chi connectivity index (χ1) is 14.8. The molecule has 0 aliphatic carbocycles. The Balaban J connectivity index is 1.55. The number of anilines is 4. The van der Waals surface area contributed by atoms with Crippen LogP contribution in [0.5, 0.6) is 5.75 Å². The highest BCUT2D eigenvalue weighted by atomic mass is 16.5. The third-order valence-electron chi connectivity index (χ3n) is 4.42.